The van der Waals surface area contributed by atoms with Crippen LogP contribution in [0.3, 0.4) is 0 Å². The molecule has 0 aliphatic heterocycles. The second-order valence-electron chi connectivity index (χ2n) is 3.87. The fourth-order valence-corrected chi connectivity index (χ4v) is 1.98. The number of nitrogens with zero attached hydrogens (tertiary/aromatic N) is 2. The summed E-state index contributed by atoms with van der Waals surface area (Å²) in [5, 5.41) is 18.7. The normalized spacial score (nSPS) is 11.9. The summed E-state index contributed by atoms with van der Waals surface area (Å²) in [5.74, 6) is 0. The van der Waals surface area contributed by atoms with Crippen LogP contribution < -0.4 is 4.90 Å². The van der Waals surface area contributed by atoms with Gasteiger partial charge in [-0.05, 0) is 31.5 Å². The molecule has 0 saturated carbocycles. The summed E-state index contributed by atoms with van der Waals surface area (Å²) in [7, 11) is 0. The Hall–Kier alpha value is -1.24. The van der Waals surface area contributed by atoms with E-state index < -0.39 is 6.10 Å². The lowest BCUT2D eigenvalue weighted by Gasteiger charge is -2.23. The zero-order chi connectivity index (χ0) is 12.8. The maximum Gasteiger partial charge on any atom is 0.0762 e. The molecule has 1 aromatic rings. The standard InChI is InChI=1S/C13H17ClN2O/c1-3-16(8-4-7-15)13-6-5-11(10(2)17)9-12(13)14/h5-6,9-10,17H,3-4,8H2,1-2H3. The topological polar surface area (TPSA) is 47.3 Å². The van der Waals surface area contributed by atoms with Gasteiger partial charge in [0.1, 0.15) is 0 Å². The lowest BCUT2D eigenvalue weighted by atomic mass is 10.1. The molecule has 1 atom stereocenters. The monoisotopic (exact) mass is 252 g/mol. The van der Waals surface area contributed by atoms with Crippen molar-refractivity contribution in [2.75, 3.05) is 18.0 Å². The molecular formula is C13H17ClN2O. The Kier molecular flexibility index (Phi) is 5.27. The van der Waals surface area contributed by atoms with E-state index in [4.69, 9.17) is 16.9 Å². The van der Waals surface area contributed by atoms with Crippen molar-refractivity contribution in [2.45, 2.75) is 26.4 Å². The largest absolute Gasteiger partial charge is 0.389 e. The maximum absolute atomic E-state index is 9.46. The van der Waals surface area contributed by atoms with Crippen LogP contribution in [-0.4, -0.2) is 18.2 Å². The van der Waals surface area contributed by atoms with Gasteiger partial charge in [-0.3, -0.25) is 0 Å². The minimum absolute atomic E-state index is 0.475. The minimum Gasteiger partial charge on any atom is -0.389 e. The van der Waals surface area contributed by atoms with E-state index in [0.717, 1.165) is 17.8 Å². The number of halogens is 1. The maximum atomic E-state index is 9.46. The second-order valence-corrected chi connectivity index (χ2v) is 4.28. The molecule has 17 heavy (non-hydrogen) atoms. The minimum atomic E-state index is -0.518. The third-order valence-corrected chi connectivity index (χ3v) is 2.97. The smallest absolute Gasteiger partial charge is 0.0762 e. The summed E-state index contributed by atoms with van der Waals surface area (Å²) in [6, 6.07) is 7.66. The molecule has 0 aliphatic rings. The highest BCUT2D eigenvalue weighted by Crippen LogP contribution is 2.29. The highest BCUT2D eigenvalue weighted by atomic mass is 35.5. The average Bonchev–Trinajstić information content (AvgIpc) is 2.31. The van der Waals surface area contributed by atoms with Gasteiger partial charge in [0.25, 0.3) is 0 Å². The summed E-state index contributed by atoms with van der Waals surface area (Å²) in [4.78, 5) is 2.05. The molecule has 1 unspecified atom stereocenters. The molecule has 1 N–H and O–H groups in total. The Balaban J connectivity index is 2.93. The van der Waals surface area contributed by atoms with Crippen LogP contribution in [0.15, 0.2) is 18.2 Å². The van der Waals surface area contributed by atoms with Crippen LogP contribution in [-0.2, 0) is 0 Å². The summed E-state index contributed by atoms with van der Waals surface area (Å²) >= 11 is 6.19. The summed E-state index contributed by atoms with van der Waals surface area (Å²) < 4.78 is 0. The van der Waals surface area contributed by atoms with Gasteiger partial charge in [0.15, 0.2) is 0 Å². The first kappa shape index (κ1) is 13.8. The number of hydrogen-bond acceptors (Lipinski definition) is 3. The molecule has 0 aliphatic carbocycles. The number of hydrogen-bond donors (Lipinski definition) is 1. The zero-order valence-corrected chi connectivity index (χ0v) is 10.9. The van der Waals surface area contributed by atoms with E-state index in [0.29, 0.717) is 18.0 Å². The van der Waals surface area contributed by atoms with Crippen LogP contribution in [0.25, 0.3) is 0 Å². The van der Waals surface area contributed by atoms with E-state index in [9.17, 15) is 5.11 Å². The first-order valence-electron chi connectivity index (χ1n) is 5.69. The third-order valence-electron chi connectivity index (χ3n) is 2.67. The van der Waals surface area contributed by atoms with Crippen molar-refractivity contribution in [2.24, 2.45) is 0 Å². The van der Waals surface area contributed by atoms with Gasteiger partial charge in [-0.15, -0.1) is 0 Å². The fraction of sp³-hybridized carbons (Fsp3) is 0.462. The highest BCUT2D eigenvalue weighted by Gasteiger charge is 2.10. The van der Waals surface area contributed by atoms with Crippen molar-refractivity contribution in [3.63, 3.8) is 0 Å². The Bertz CT molecular complexity index is 412. The SMILES string of the molecule is CCN(CCC#N)c1ccc(C(C)O)cc1Cl. The fourth-order valence-electron chi connectivity index (χ4n) is 1.67. The van der Waals surface area contributed by atoms with Gasteiger partial charge in [0.2, 0.25) is 0 Å². The van der Waals surface area contributed by atoms with E-state index in [1.54, 1.807) is 13.0 Å². The van der Waals surface area contributed by atoms with Crippen molar-refractivity contribution < 1.29 is 5.11 Å². The van der Waals surface area contributed by atoms with Crippen molar-refractivity contribution in [3.05, 3.63) is 28.8 Å². The zero-order valence-electron chi connectivity index (χ0n) is 10.2. The molecule has 92 valence electrons. The number of benzene rings is 1. The second kappa shape index (κ2) is 6.48. The predicted molar refractivity (Wildman–Crippen MR) is 70.2 cm³/mol. The lowest BCUT2D eigenvalue weighted by Crippen LogP contribution is -2.24. The first-order chi connectivity index (χ1) is 8.10. The van der Waals surface area contributed by atoms with Crippen LogP contribution in [0.2, 0.25) is 5.02 Å². The van der Waals surface area contributed by atoms with E-state index >= 15 is 0 Å². The van der Waals surface area contributed by atoms with Crippen LogP contribution in [0.1, 0.15) is 31.9 Å². The molecule has 0 spiro atoms. The Morgan fingerprint density at radius 1 is 1.53 bits per heavy atom. The average molecular weight is 253 g/mol. The Labute approximate surface area is 107 Å². The molecule has 3 nitrogen and oxygen atoms in total. The molecule has 0 bridgehead atoms. The molecule has 1 aromatic carbocycles. The van der Waals surface area contributed by atoms with Crippen LogP contribution in [0.4, 0.5) is 5.69 Å². The van der Waals surface area contributed by atoms with E-state index in [2.05, 4.69) is 11.0 Å². The number of anilines is 1. The number of nitriles is 1. The Morgan fingerprint density at radius 3 is 2.71 bits per heavy atom. The summed E-state index contributed by atoms with van der Waals surface area (Å²) in [6.07, 6.45) is -0.0433. The van der Waals surface area contributed by atoms with Crippen LogP contribution in [0.5, 0.6) is 0 Å². The van der Waals surface area contributed by atoms with E-state index in [1.807, 2.05) is 19.1 Å². The first-order valence-corrected chi connectivity index (χ1v) is 6.07. The molecule has 0 aromatic heterocycles. The number of aliphatic hydroxyl groups excluding tert-OH is 1. The van der Waals surface area contributed by atoms with Gasteiger partial charge < -0.3 is 10.0 Å². The van der Waals surface area contributed by atoms with Crippen molar-refractivity contribution in [3.8, 4) is 6.07 Å². The molecule has 4 heteroatoms. The molecule has 0 saturated heterocycles. The van der Waals surface area contributed by atoms with E-state index in [1.165, 1.54) is 0 Å². The molecule has 0 heterocycles. The molecular weight excluding hydrogens is 236 g/mol. The van der Waals surface area contributed by atoms with Gasteiger partial charge in [0, 0.05) is 13.1 Å². The third kappa shape index (κ3) is 3.62. The highest BCUT2D eigenvalue weighted by molar-refractivity contribution is 6.33. The van der Waals surface area contributed by atoms with Gasteiger partial charge in [-0.2, -0.15) is 5.26 Å². The molecule has 0 radical (unpaired) electrons. The van der Waals surface area contributed by atoms with Gasteiger partial charge in [0.05, 0.1) is 29.3 Å². The van der Waals surface area contributed by atoms with Gasteiger partial charge in [-0.25, -0.2) is 0 Å². The van der Waals surface area contributed by atoms with Gasteiger partial charge >= 0.3 is 0 Å². The molecule has 0 amide bonds. The number of rotatable bonds is 5. The lowest BCUT2D eigenvalue weighted by molar-refractivity contribution is 0.199. The van der Waals surface area contributed by atoms with Crippen molar-refractivity contribution in [1.82, 2.24) is 0 Å². The quantitative estimate of drug-likeness (QED) is 0.876. The predicted octanol–water partition coefficient (Wildman–Crippen LogP) is 3.13. The Morgan fingerprint density at radius 2 is 2.24 bits per heavy atom. The number of aliphatic hydroxyl groups is 1. The van der Waals surface area contributed by atoms with E-state index in [-0.39, 0.29) is 0 Å². The van der Waals surface area contributed by atoms with Crippen molar-refractivity contribution >= 4 is 17.3 Å². The summed E-state index contributed by atoms with van der Waals surface area (Å²) in [5.41, 5.74) is 1.71. The molecule has 1 rings (SSSR count). The van der Waals surface area contributed by atoms with Crippen LogP contribution in [0, 0.1) is 11.3 Å². The summed E-state index contributed by atoms with van der Waals surface area (Å²) in [6.45, 7) is 5.20. The van der Waals surface area contributed by atoms with Crippen LogP contribution >= 0.6 is 11.6 Å². The van der Waals surface area contributed by atoms with Gasteiger partial charge in [-0.1, -0.05) is 17.7 Å². The molecule has 0 fully saturated rings. The van der Waals surface area contributed by atoms with Crippen molar-refractivity contribution in [1.29, 1.82) is 5.26 Å².